The number of amides is 1. The van der Waals surface area contributed by atoms with Gasteiger partial charge in [0.1, 0.15) is 5.69 Å². The zero-order chi connectivity index (χ0) is 19.2. The highest BCUT2D eigenvalue weighted by Crippen LogP contribution is 2.34. The number of anilines is 1. The van der Waals surface area contributed by atoms with E-state index in [4.69, 9.17) is 0 Å². The third-order valence-corrected chi connectivity index (χ3v) is 4.29. The van der Waals surface area contributed by atoms with Gasteiger partial charge in [-0.1, -0.05) is 12.1 Å². The molecule has 0 saturated carbocycles. The molecule has 2 aromatic carbocycles. The number of carbonyl (C=O) groups excluding carboxylic acids is 1. The van der Waals surface area contributed by atoms with Crippen LogP contribution in [0.3, 0.4) is 0 Å². The molecule has 1 heterocycles. The summed E-state index contributed by atoms with van der Waals surface area (Å²) >= 11 is 2.06. The predicted molar refractivity (Wildman–Crippen MR) is 94.0 cm³/mol. The van der Waals surface area contributed by atoms with Gasteiger partial charge in [0.05, 0.1) is 11.3 Å². The summed E-state index contributed by atoms with van der Waals surface area (Å²) in [5.41, 5.74) is -0.723. The molecule has 2 aromatic rings. The van der Waals surface area contributed by atoms with Crippen LogP contribution >= 0.6 is 22.6 Å². The van der Waals surface area contributed by atoms with Gasteiger partial charge in [-0.3, -0.25) is 4.79 Å². The standard InChI is InChI=1S/C17H8F5IN2O/c1-7-10(6-8-3-2-4-9(23)5-8)17(26)25(24-7)16-14(21)12(19)11(18)13(20)15(16)22/h2-6H,1H3/b10-6+. The third kappa shape index (κ3) is 3.00. The van der Waals surface area contributed by atoms with Crippen molar-refractivity contribution in [1.82, 2.24) is 0 Å². The molecule has 0 fully saturated rings. The predicted octanol–water partition coefficient (Wildman–Crippen LogP) is 4.79. The molecule has 0 unspecified atom stereocenters. The lowest BCUT2D eigenvalue weighted by atomic mass is 10.1. The molecule has 1 aliphatic heterocycles. The van der Waals surface area contributed by atoms with Crippen LogP contribution in [0.25, 0.3) is 6.08 Å². The molecular weight excluding hydrogens is 470 g/mol. The summed E-state index contributed by atoms with van der Waals surface area (Å²) in [7, 11) is 0. The van der Waals surface area contributed by atoms with Gasteiger partial charge < -0.3 is 0 Å². The molecule has 26 heavy (non-hydrogen) atoms. The first-order valence-electron chi connectivity index (χ1n) is 7.11. The molecule has 1 amide bonds. The Morgan fingerprint density at radius 1 is 1.00 bits per heavy atom. The number of hydrogen-bond acceptors (Lipinski definition) is 2. The number of hydrogen-bond donors (Lipinski definition) is 0. The summed E-state index contributed by atoms with van der Waals surface area (Å²) in [6.07, 6.45) is 1.43. The van der Waals surface area contributed by atoms with Gasteiger partial charge in [0, 0.05) is 3.57 Å². The van der Waals surface area contributed by atoms with Crippen LogP contribution in [0.15, 0.2) is 34.9 Å². The number of rotatable bonds is 2. The van der Waals surface area contributed by atoms with E-state index in [1.807, 2.05) is 6.07 Å². The summed E-state index contributed by atoms with van der Waals surface area (Å²) in [5, 5.41) is 3.85. The van der Waals surface area contributed by atoms with Crippen LogP contribution in [0.5, 0.6) is 0 Å². The van der Waals surface area contributed by atoms with Crippen molar-refractivity contribution >= 4 is 46.0 Å². The molecule has 0 aliphatic carbocycles. The van der Waals surface area contributed by atoms with Crippen molar-refractivity contribution in [2.24, 2.45) is 5.10 Å². The van der Waals surface area contributed by atoms with Gasteiger partial charge in [-0.25, -0.2) is 22.0 Å². The average Bonchev–Trinajstić information content (AvgIpc) is 2.87. The van der Waals surface area contributed by atoms with Crippen molar-refractivity contribution in [2.75, 3.05) is 5.01 Å². The van der Waals surface area contributed by atoms with Crippen LogP contribution in [-0.4, -0.2) is 11.6 Å². The van der Waals surface area contributed by atoms with Crippen molar-refractivity contribution in [3.05, 3.63) is 68.1 Å². The van der Waals surface area contributed by atoms with Gasteiger partial charge in [0.2, 0.25) is 5.82 Å². The molecule has 0 aromatic heterocycles. The quantitative estimate of drug-likeness (QED) is 0.201. The van der Waals surface area contributed by atoms with Crippen LogP contribution in [-0.2, 0) is 4.79 Å². The summed E-state index contributed by atoms with van der Waals surface area (Å²) in [6.45, 7) is 1.39. The van der Waals surface area contributed by atoms with Crippen molar-refractivity contribution in [3.63, 3.8) is 0 Å². The Bertz CT molecular complexity index is 974. The zero-order valence-corrected chi connectivity index (χ0v) is 15.1. The number of nitrogens with zero attached hydrogens (tertiary/aromatic N) is 2. The fraction of sp³-hybridized carbons (Fsp3) is 0.0588. The van der Waals surface area contributed by atoms with E-state index in [1.54, 1.807) is 18.2 Å². The Balaban J connectivity index is 2.10. The lowest BCUT2D eigenvalue weighted by Crippen LogP contribution is -2.25. The highest BCUT2D eigenvalue weighted by atomic mass is 127. The number of benzene rings is 2. The third-order valence-electron chi connectivity index (χ3n) is 3.62. The van der Waals surface area contributed by atoms with E-state index in [-0.39, 0.29) is 16.3 Å². The van der Waals surface area contributed by atoms with E-state index in [1.165, 1.54) is 13.0 Å². The van der Waals surface area contributed by atoms with Gasteiger partial charge in [-0.15, -0.1) is 0 Å². The smallest absolute Gasteiger partial charge is 0.267 e. The van der Waals surface area contributed by atoms with Crippen LogP contribution in [0.2, 0.25) is 0 Å². The molecule has 0 atom stereocenters. The highest BCUT2D eigenvalue weighted by Gasteiger charge is 2.36. The molecule has 1 aliphatic rings. The minimum Gasteiger partial charge on any atom is -0.267 e. The van der Waals surface area contributed by atoms with Crippen molar-refractivity contribution in [3.8, 4) is 0 Å². The van der Waals surface area contributed by atoms with Crippen molar-refractivity contribution < 1.29 is 26.7 Å². The normalized spacial score (nSPS) is 15.8. The second-order valence-corrected chi connectivity index (χ2v) is 6.58. The van der Waals surface area contributed by atoms with E-state index in [0.29, 0.717) is 5.56 Å². The lowest BCUT2D eigenvalue weighted by molar-refractivity contribution is -0.114. The molecular formula is C17H8F5IN2O. The molecule has 3 rings (SSSR count). The number of hydrazone groups is 1. The monoisotopic (exact) mass is 478 g/mol. The fourth-order valence-corrected chi connectivity index (χ4v) is 2.95. The maximum Gasteiger partial charge on any atom is 0.280 e. The van der Waals surface area contributed by atoms with E-state index in [0.717, 1.165) is 3.57 Å². The Morgan fingerprint density at radius 3 is 2.15 bits per heavy atom. The van der Waals surface area contributed by atoms with Crippen molar-refractivity contribution in [2.45, 2.75) is 6.92 Å². The largest absolute Gasteiger partial charge is 0.280 e. The Labute approximate surface area is 157 Å². The summed E-state index contributed by atoms with van der Waals surface area (Å²) in [4.78, 5) is 12.5. The second-order valence-electron chi connectivity index (χ2n) is 5.33. The van der Waals surface area contributed by atoms with E-state index >= 15 is 0 Å². The van der Waals surface area contributed by atoms with Crippen LogP contribution in [0.1, 0.15) is 12.5 Å². The first kappa shape index (κ1) is 18.5. The van der Waals surface area contributed by atoms with Gasteiger partial charge in [-0.2, -0.15) is 10.1 Å². The first-order valence-corrected chi connectivity index (χ1v) is 8.19. The van der Waals surface area contributed by atoms with Gasteiger partial charge in [0.25, 0.3) is 5.91 Å². The maximum absolute atomic E-state index is 14.0. The number of halogens is 6. The Hall–Kier alpha value is -2.30. The molecule has 9 heteroatoms. The SMILES string of the molecule is CC1=NN(c2c(F)c(F)c(F)c(F)c2F)C(=O)/C1=C/c1cccc(I)c1. The summed E-state index contributed by atoms with van der Waals surface area (Å²) < 4.78 is 68.8. The molecule has 0 spiro atoms. The minimum atomic E-state index is -2.30. The van der Waals surface area contributed by atoms with Crippen molar-refractivity contribution in [1.29, 1.82) is 0 Å². The molecule has 0 N–H and O–H groups in total. The van der Waals surface area contributed by atoms with E-state index in [2.05, 4.69) is 27.7 Å². The van der Waals surface area contributed by atoms with Crippen LogP contribution < -0.4 is 5.01 Å². The molecule has 0 saturated heterocycles. The van der Waals surface area contributed by atoms with E-state index in [9.17, 15) is 26.7 Å². The van der Waals surface area contributed by atoms with Crippen LogP contribution in [0.4, 0.5) is 27.6 Å². The van der Waals surface area contributed by atoms with Crippen LogP contribution in [0, 0.1) is 32.7 Å². The number of carbonyl (C=O) groups is 1. The molecule has 3 nitrogen and oxygen atoms in total. The molecule has 0 bridgehead atoms. The molecule has 134 valence electrons. The topological polar surface area (TPSA) is 32.7 Å². The first-order chi connectivity index (χ1) is 12.2. The molecule has 0 radical (unpaired) electrons. The Morgan fingerprint density at radius 2 is 1.58 bits per heavy atom. The minimum absolute atomic E-state index is 0.0176. The van der Waals surface area contributed by atoms with Gasteiger partial charge >= 0.3 is 0 Å². The zero-order valence-electron chi connectivity index (χ0n) is 13.0. The van der Waals surface area contributed by atoms with Gasteiger partial charge in [-0.05, 0) is 53.3 Å². The fourth-order valence-electron chi connectivity index (χ4n) is 2.38. The lowest BCUT2D eigenvalue weighted by Gasteiger charge is -2.15. The maximum atomic E-state index is 14.0. The Kier molecular flexibility index (Phi) is 4.82. The average molecular weight is 478 g/mol. The van der Waals surface area contributed by atoms with E-state index < -0.39 is 40.7 Å². The second kappa shape index (κ2) is 6.78. The summed E-state index contributed by atoms with van der Waals surface area (Å²) in [6, 6.07) is 7.00. The summed E-state index contributed by atoms with van der Waals surface area (Å²) in [5.74, 6) is -11.8. The highest BCUT2D eigenvalue weighted by molar-refractivity contribution is 14.1. The van der Waals surface area contributed by atoms with Gasteiger partial charge in [0.15, 0.2) is 23.3 Å².